The fraction of sp³-hybridized carbons (Fsp3) is 0.667. The molecule has 0 saturated carbocycles. The maximum atomic E-state index is 11.2. The molecule has 15 heavy (non-hydrogen) atoms. The highest BCUT2D eigenvalue weighted by atomic mass is 32.1. The van der Waals surface area contributed by atoms with Crippen molar-refractivity contribution in [2.45, 2.75) is 33.1 Å². The summed E-state index contributed by atoms with van der Waals surface area (Å²) in [7, 11) is 0. The van der Waals surface area contributed by atoms with Crippen LogP contribution in [0.4, 0.5) is 9.93 Å². The number of unbranched alkanes of at least 4 members (excludes halogenated alkanes) is 1. The molecular formula is C9H16N4OS. The summed E-state index contributed by atoms with van der Waals surface area (Å²) in [5, 5.41) is 14.7. The number of anilines is 1. The van der Waals surface area contributed by atoms with Gasteiger partial charge in [0.05, 0.1) is 0 Å². The third kappa shape index (κ3) is 4.24. The lowest BCUT2D eigenvalue weighted by Gasteiger charge is -1.99. The number of aromatic nitrogens is 2. The summed E-state index contributed by atoms with van der Waals surface area (Å²) in [6.45, 7) is 4.61. The first kappa shape index (κ1) is 11.9. The van der Waals surface area contributed by atoms with Gasteiger partial charge in [-0.05, 0) is 13.3 Å². The van der Waals surface area contributed by atoms with Gasteiger partial charge in [-0.1, -0.05) is 24.7 Å². The van der Waals surface area contributed by atoms with Gasteiger partial charge in [-0.25, -0.2) is 4.79 Å². The Morgan fingerprint density at radius 1 is 1.40 bits per heavy atom. The Balaban J connectivity index is 2.42. The molecule has 0 spiro atoms. The van der Waals surface area contributed by atoms with Gasteiger partial charge in [0.15, 0.2) is 0 Å². The summed E-state index contributed by atoms with van der Waals surface area (Å²) >= 11 is 1.43. The highest BCUT2D eigenvalue weighted by Crippen LogP contribution is 2.16. The predicted octanol–water partition coefficient (Wildman–Crippen LogP) is 2.02. The third-order valence-electron chi connectivity index (χ3n) is 1.77. The Morgan fingerprint density at radius 3 is 2.87 bits per heavy atom. The molecule has 0 saturated heterocycles. The van der Waals surface area contributed by atoms with Gasteiger partial charge in [-0.3, -0.25) is 5.32 Å². The lowest BCUT2D eigenvalue weighted by molar-refractivity contribution is 0.252. The number of carbonyl (C=O) groups excluding carboxylic acids is 1. The van der Waals surface area contributed by atoms with Gasteiger partial charge in [-0.2, -0.15) is 0 Å². The van der Waals surface area contributed by atoms with Crippen LogP contribution in [0.2, 0.25) is 0 Å². The number of aryl methyl sites for hydroxylation is 1. The van der Waals surface area contributed by atoms with Gasteiger partial charge >= 0.3 is 6.03 Å². The Labute approximate surface area is 93.3 Å². The van der Waals surface area contributed by atoms with E-state index < -0.39 is 0 Å². The summed E-state index contributed by atoms with van der Waals surface area (Å²) in [4.78, 5) is 11.2. The molecule has 0 radical (unpaired) electrons. The highest BCUT2D eigenvalue weighted by molar-refractivity contribution is 7.15. The van der Waals surface area contributed by atoms with Crippen molar-refractivity contribution in [1.29, 1.82) is 0 Å². The van der Waals surface area contributed by atoms with E-state index >= 15 is 0 Å². The molecule has 6 heteroatoms. The number of amides is 2. The fourth-order valence-corrected chi connectivity index (χ4v) is 1.81. The van der Waals surface area contributed by atoms with Crippen LogP contribution in [0.3, 0.4) is 0 Å². The number of hydrogen-bond acceptors (Lipinski definition) is 4. The third-order valence-corrected chi connectivity index (χ3v) is 2.67. The smallest absolute Gasteiger partial charge is 0.321 e. The Bertz CT molecular complexity index is 313. The van der Waals surface area contributed by atoms with E-state index in [0.29, 0.717) is 11.7 Å². The summed E-state index contributed by atoms with van der Waals surface area (Å²) in [5.74, 6) is 0. The van der Waals surface area contributed by atoms with Crippen molar-refractivity contribution >= 4 is 22.5 Å². The molecule has 1 rings (SSSR count). The average molecular weight is 228 g/mol. The second kappa shape index (κ2) is 6.34. The van der Waals surface area contributed by atoms with Crippen LogP contribution in [-0.2, 0) is 6.42 Å². The molecule has 0 atom stereocenters. The van der Waals surface area contributed by atoms with Crippen molar-refractivity contribution in [2.24, 2.45) is 0 Å². The van der Waals surface area contributed by atoms with Crippen LogP contribution in [0.15, 0.2) is 0 Å². The van der Waals surface area contributed by atoms with E-state index in [4.69, 9.17) is 0 Å². The van der Waals surface area contributed by atoms with E-state index in [1.165, 1.54) is 11.3 Å². The molecule has 0 aliphatic carbocycles. The van der Waals surface area contributed by atoms with Crippen molar-refractivity contribution in [3.63, 3.8) is 0 Å². The minimum atomic E-state index is -0.226. The van der Waals surface area contributed by atoms with Crippen LogP contribution in [0.25, 0.3) is 0 Å². The van der Waals surface area contributed by atoms with E-state index in [-0.39, 0.29) is 6.03 Å². The van der Waals surface area contributed by atoms with Gasteiger partial charge in [-0.15, -0.1) is 10.2 Å². The lowest BCUT2D eigenvalue weighted by atomic mass is 10.3. The SMILES string of the molecule is CCCCc1nnc(NC(=O)NCC)s1. The van der Waals surface area contributed by atoms with E-state index in [1.54, 1.807) is 0 Å². The normalized spacial score (nSPS) is 10.0. The van der Waals surface area contributed by atoms with E-state index in [0.717, 1.165) is 24.3 Å². The zero-order valence-electron chi connectivity index (χ0n) is 9.04. The fourth-order valence-electron chi connectivity index (χ4n) is 1.04. The second-order valence-corrected chi connectivity index (χ2v) is 4.15. The Kier molecular flexibility index (Phi) is 5.03. The second-order valence-electron chi connectivity index (χ2n) is 3.09. The lowest BCUT2D eigenvalue weighted by Crippen LogP contribution is -2.28. The summed E-state index contributed by atoms with van der Waals surface area (Å²) in [6, 6.07) is -0.226. The molecule has 0 unspecified atom stereocenters. The number of urea groups is 1. The number of hydrogen-bond donors (Lipinski definition) is 2. The van der Waals surface area contributed by atoms with E-state index in [2.05, 4.69) is 27.8 Å². The summed E-state index contributed by atoms with van der Waals surface area (Å²) in [6.07, 6.45) is 3.18. The highest BCUT2D eigenvalue weighted by Gasteiger charge is 2.06. The summed E-state index contributed by atoms with van der Waals surface area (Å²) in [5.41, 5.74) is 0. The number of nitrogens with zero attached hydrogens (tertiary/aromatic N) is 2. The van der Waals surface area contributed by atoms with Crippen LogP contribution in [0.5, 0.6) is 0 Å². The largest absolute Gasteiger partial charge is 0.338 e. The predicted molar refractivity (Wildman–Crippen MR) is 61.2 cm³/mol. The number of nitrogens with one attached hydrogen (secondary N) is 2. The topological polar surface area (TPSA) is 66.9 Å². The number of carbonyl (C=O) groups is 1. The molecular weight excluding hydrogens is 212 g/mol. The molecule has 1 aromatic rings. The van der Waals surface area contributed by atoms with E-state index in [9.17, 15) is 4.79 Å². The van der Waals surface area contributed by atoms with Crippen molar-refractivity contribution in [3.05, 3.63) is 5.01 Å². The van der Waals surface area contributed by atoms with Crippen LogP contribution >= 0.6 is 11.3 Å². The molecule has 5 nitrogen and oxygen atoms in total. The minimum absolute atomic E-state index is 0.226. The van der Waals surface area contributed by atoms with Crippen molar-refractivity contribution in [1.82, 2.24) is 15.5 Å². The van der Waals surface area contributed by atoms with Crippen LogP contribution in [0, 0.1) is 0 Å². The van der Waals surface area contributed by atoms with Crippen LogP contribution < -0.4 is 10.6 Å². The van der Waals surface area contributed by atoms with Gasteiger partial charge in [0.1, 0.15) is 5.01 Å². The quantitative estimate of drug-likeness (QED) is 0.810. The van der Waals surface area contributed by atoms with Crippen molar-refractivity contribution in [2.75, 3.05) is 11.9 Å². The zero-order valence-corrected chi connectivity index (χ0v) is 9.86. The monoisotopic (exact) mass is 228 g/mol. The number of rotatable bonds is 5. The van der Waals surface area contributed by atoms with Gasteiger partial charge in [0.25, 0.3) is 0 Å². The molecule has 1 aromatic heterocycles. The van der Waals surface area contributed by atoms with Gasteiger partial charge in [0.2, 0.25) is 5.13 Å². The van der Waals surface area contributed by atoms with Crippen molar-refractivity contribution in [3.8, 4) is 0 Å². The average Bonchev–Trinajstić information content (AvgIpc) is 2.63. The molecule has 84 valence electrons. The van der Waals surface area contributed by atoms with E-state index in [1.807, 2.05) is 6.92 Å². The molecule has 1 heterocycles. The molecule has 0 bridgehead atoms. The van der Waals surface area contributed by atoms with Gasteiger partial charge in [0, 0.05) is 13.0 Å². The molecule has 2 amide bonds. The van der Waals surface area contributed by atoms with Crippen molar-refractivity contribution < 1.29 is 4.79 Å². The zero-order chi connectivity index (χ0) is 11.1. The first-order chi connectivity index (χ1) is 7.26. The maximum Gasteiger partial charge on any atom is 0.321 e. The Hall–Kier alpha value is -1.17. The molecule has 0 aromatic carbocycles. The molecule has 2 N–H and O–H groups in total. The van der Waals surface area contributed by atoms with Crippen LogP contribution in [0.1, 0.15) is 31.7 Å². The molecule has 0 fully saturated rings. The molecule has 0 aliphatic rings. The minimum Gasteiger partial charge on any atom is -0.338 e. The first-order valence-corrected chi connectivity index (χ1v) is 5.95. The Morgan fingerprint density at radius 2 is 2.20 bits per heavy atom. The molecule has 0 aliphatic heterocycles. The summed E-state index contributed by atoms with van der Waals surface area (Å²) < 4.78 is 0. The standard InChI is InChI=1S/C9H16N4OS/c1-3-5-6-7-12-13-9(15-7)11-8(14)10-4-2/h3-6H2,1-2H3,(H2,10,11,13,14). The first-order valence-electron chi connectivity index (χ1n) is 5.13. The van der Waals surface area contributed by atoms with Crippen LogP contribution in [-0.4, -0.2) is 22.8 Å². The van der Waals surface area contributed by atoms with Gasteiger partial charge < -0.3 is 5.32 Å². The maximum absolute atomic E-state index is 11.2.